The first-order chi connectivity index (χ1) is 11.8. The Morgan fingerprint density at radius 2 is 1.76 bits per heavy atom. The van der Waals surface area contributed by atoms with Crippen LogP contribution in [0.5, 0.6) is 0 Å². The van der Waals surface area contributed by atoms with Gasteiger partial charge in [-0.2, -0.15) is 4.98 Å². The molecule has 0 spiro atoms. The zero-order chi connectivity index (χ0) is 18.2. The van der Waals surface area contributed by atoms with Crippen molar-refractivity contribution in [3.8, 4) is 11.5 Å². The van der Waals surface area contributed by atoms with E-state index >= 15 is 0 Å². The maximum absolute atomic E-state index is 13.1. The smallest absolute Gasteiger partial charge is 0.235 e. The average Bonchev–Trinajstić information content (AvgIpc) is 3.02. The molecule has 2 aromatic carbocycles. The van der Waals surface area contributed by atoms with E-state index in [1.54, 1.807) is 25.1 Å². The third kappa shape index (κ3) is 3.28. The van der Waals surface area contributed by atoms with E-state index in [-0.39, 0.29) is 21.7 Å². The minimum atomic E-state index is -3.94. The number of aryl methyl sites for hydroxylation is 1. The molecule has 0 amide bonds. The van der Waals surface area contributed by atoms with Crippen LogP contribution >= 0.6 is 0 Å². The number of anilines is 1. The van der Waals surface area contributed by atoms with Gasteiger partial charge in [0.1, 0.15) is 5.82 Å². The molecule has 0 aliphatic carbocycles. The molecule has 1 heterocycles. The lowest BCUT2D eigenvalue weighted by Crippen LogP contribution is -2.13. The molecule has 0 unspecified atom stereocenters. The van der Waals surface area contributed by atoms with Crippen molar-refractivity contribution in [1.29, 1.82) is 0 Å². The fourth-order valence-corrected chi connectivity index (χ4v) is 3.76. The van der Waals surface area contributed by atoms with Crippen molar-refractivity contribution >= 4 is 15.7 Å². The number of rotatable bonds is 4. The number of hydrogen-bond acceptors (Lipinski definition) is 5. The number of nitrogens with zero attached hydrogens (tertiary/aromatic N) is 2. The van der Waals surface area contributed by atoms with Crippen LogP contribution in [-0.2, 0) is 9.84 Å². The monoisotopic (exact) mass is 360 g/mol. The highest BCUT2D eigenvalue weighted by Gasteiger charge is 2.29. The Morgan fingerprint density at radius 3 is 2.36 bits per heavy atom. The summed E-state index contributed by atoms with van der Waals surface area (Å²) < 4.78 is 44.6. The number of aromatic nitrogens is 1. The summed E-state index contributed by atoms with van der Waals surface area (Å²) in [5, 5.41) is -0.194. The molecular weight excluding hydrogens is 343 g/mol. The summed E-state index contributed by atoms with van der Waals surface area (Å²) in [6.45, 7) is 1.93. The second kappa shape index (κ2) is 6.33. The quantitative estimate of drug-likeness (QED) is 0.664. The molecule has 1 aromatic heterocycles. The third-order valence-electron chi connectivity index (χ3n) is 3.63. The van der Waals surface area contributed by atoms with Gasteiger partial charge in [-0.3, -0.25) is 0 Å². The van der Waals surface area contributed by atoms with Crippen LogP contribution < -0.4 is 4.90 Å². The molecule has 0 fully saturated rings. The van der Waals surface area contributed by atoms with Crippen LogP contribution in [0, 0.1) is 12.7 Å². The molecule has 130 valence electrons. The van der Waals surface area contributed by atoms with Gasteiger partial charge in [-0.05, 0) is 43.3 Å². The summed E-state index contributed by atoms with van der Waals surface area (Å²) in [5.74, 6) is -0.165. The van der Waals surface area contributed by atoms with E-state index in [1.807, 2.05) is 25.1 Å². The van der Waals surface area contributed by atoms with Crippen LogP contribution in [0.15, 0.2) is 62.9 Å². The van der Waals surface area contributed by atoms with Gasteiger partial charge in [0.2, 0.25) is 26.6 Å². The van der Waals surface area contributed by atoms with E-state index in [0.29, 0.717) is 5.56 Å². The van der Waals surface area contributed by atoms with Crippen LogP contribution in [0.4, 0.5) is 10.3 Å². The number of benzene rings is 2. The minimum absolute atomic E-state index is 0.0407. The third-order valence-corrected chi connectivity index (χ3v) is 5.30. The Labute approximate surface area is 145 Å². The minimum Gasteiger partial charge on any atom is -0.419 e. The molecule has 0 N–H and O–H groups in total. The van der Waals surface area contributed by atoms with E-state index in [2.05, 4.69) is 4.98 Å². The van der Waals surface area contributed by atoms with Crippen molar-refractivity contribution in [2.24, 2.45) is 0 Å². The Morgan fingerprint density at radius 1 is 1.08 bits per heavy atom. The molecule has 5 nitrogen and oxygen atoms in total. The number of oxazole rings is 1. The summed E-state index contributed by atoms with van der Waals surface area (Å²) in [6, 6.07) is 12.1. The molecular formula is C18H17FN2O3S. The Kier molecular flexibility index (Phi) is 4.34. The maximum atomic E-state index is 13.1. The van der Waals surface area contributed by atoms with Crippen LogP contribution in [-0.4, -0.2) is 27.5 Å². The van der Waals surface area contributed by atoms with Crippen molar-refractivity contribution in [1.82, 2.24) is 4.98 Å². The molecule has 0 radical (unpaired) electrons. The molecule has 0 bridgehead atoms. The standard InChI is InChI=1S/C18H17FN2O3S/c1-12-5-4-6-13(11-12)16-20-17(18(24-16)21(2)3)25(22,23)15-9-7-14(19)8-10-15/h4-11H,1-3H3. The molecule has 0 saturated heterocycles. The maximum Gasteiger partial charge on any atom is 0.235 e. The van der Waals surface area contributed by atoms with Crippen molar-refractivity contribution in [3.05, 3.63) is 59.9 Å². The lowest BCUT2D eigenvalue weighted by molar-refractivity contribution is 0.564. The lowest BCUT2D eigenvalue weighted by atomic mass is 10.1. The predicted octanol–water partition coefficient (Wildman–Crippen LogP) is 3.69. The molecule has 3 aromatic rings. The highest BCUT2D eigenvalue weighted by Crippen LogP contribution is 2.33. The first-order valence-electron chi connectivity index (χ1n) is 7.55. The van der Waals surface area contributed by atoms with Gasteiger partial charge in [-0.25, -0.2) is 12.8 Å². The van der Waals surface area contributed by atoms with Gasteiger partial charge >= 0.3 is 0 Å². The fourth-order valence-electron chi connectivity index (χ4n) is 2.38. The van der Waals surface area contributed by atoms with E-state index in [1.165, 1.54) is 12.1 Å². The summed E-state index contributed by atoms with van der Waals surface area (Å²) in [6.07, 6.45) is 0. The zero-order valence-corrected chi connectivity index (χ0v) is 14.8. The lowest BCUT2D eigenvalue weighted by Gasteiger charge is -2.10. The number of hydrogen-bond donors (Lipinski definition) is 0. The fraction of sp³-hybridized carbons (Fsp3) is 0.167. The van der Waals surface area contributed by atoms with Crippen molar-refractivity contribution in [2.75, 3.05) is 19.0 Å². The second-order valence-corrected chi connectivity index (χ2v) is 7.72. The summed E-state index contributed by atoms with van der Waals surface area (Å²) in [7, 11) is -0.600. The first kappa shape index (κ1) is 17.2. The SMILES string of the molecule is Cc1cccc(-c2nc(S(=O)(=O)c3ccc(F)cc3)c(N(C)C)o2)c1. The largest absolute Gasteiger partial charge is 0.419 e. The Hall–Kier alpha value is -2.67. The molecule has 3 rings (SSSR count). The molecule has 7 heteroatoms. The van der Waals surface area contributed by atoms with E-state index < -0.39 is 15.7 Å². The second-order valence-electron chi connectivity index (χ2n) is 5.85. The molecule has 0 saturated carbocycles. The van der Waals surface area contributed by atoms with Gasteiger partial charge in [0.05, 0.1) is 4.90 Å². The summed E-state index contributed by atoms with van der Waals surface area (Å²) >= 11 is 0. The molecule has 0 aliphatic rings. The van der Waals surface area contributed by atoms with Crippen molar-refractivity contribution in [2.45, 2.75) is 16.8 Å². The van der Waals surface area contributed by atoms with Gasteiger partial charge < -0.3 is 9.32 Å². The zero-order valence-electron chi connectivity index (χ0n) is 14.0. The number of sulfone groups is 1. The van der Waals surface area contributed by atoms with Crippen LogP contribution in [0.25, 0.3) is 11.5 Å². The summed E-state index contributed by atoms with van der Waals surface area (Å²) in [4.78, 5) is 5.73. The average molecular weight is 360 g/mol. The topological polar surface area (TPSA) is 63.4 Å². The Bertz CT molecular complexity index is 1010. The Balaban J connectivity index is 2.16. The van der Waals surface area contributed by atoms with E-state index in [9.17, 15) is 12.8 Å². The normalized spacial score (nSPS) is 11.5. The van der Waals surface area contributed by atoms with Gasteiger partial charge in [0, 0.05) is 19.7 Å². The highest BCUT2D eigenvalue weighted by molar-refractivity contribution is 7.91. The van der Waals surface area contributed by atoms with Gasteiger partial charge in [0.15, 0.2) is 0 Å². The van der Waals surface area contributed by atoms with Gasteiger partial charge in [-0.1, -0.05) is 17.7 Å². The van der Waals surface area contributed by atoms with Crippen molar-refractivity contribution in [3.63, 3.8) is 0 Å². The summed E-state index contributed by atoms with van der Waals surface area (Å²) in [5.41, 5.74) is 1.69. The number of halogens is 1. The van der Waals surface area contributed by atoms with Gasteiger partial charge in [0.25, 0.3) is 0 Å². The van der Waals surface area contributed by atoms with Crippen molar-refractivity contribution < 1.29 is 17.2 Å². The van der Waals surface area contributed by atoms with E-state index in [4.69, 9.17) is 4.42 Å². The highest BCUT2D eigenvalue weighted by atomic mass is 32.2. The molecule has 25 heavy (non-hydrogen) atoms. The first-order valence-corrected chi connectivity index (χ1v) is 9.03. The van der Waals surface area contributed by atoms with Gasteiger partial charge in [-0.15, -0.1) is 0 Å². The van der Waals surface area contributed by atoms with Crippen LogP contribution in [0.1, 0.15) is 5.56 Å². The predicted molar refractivity (Wildman–Crippen MR) is 92.9 cm³/mol. The molecule has 0 aliphatic heterocycles. The van der Waals surface area contributed by atoms with Crippen LogP contribution in [0.3, 0.4) is 0 Å². The van der Waals surface area contributed by atoms with Crippen LogP contribution in [0.2, 0.25) is 0 Å². The van der Waals surface area contributed by atoms with E-state index in [0.717, 1.165) is 17.7 Å². The molecule has 0 atom stereocenters.